The molecule has 0 amide bonds. The van der Waals surface area contributed by atoms with Crippen LogP contribution in [0.25, 0.3) is 0 Å². The Morgan fingerprint density at radius 2 is 1.60 bits per heavy atom. The smallest absolute Gasteiger partial charge is 0.313 e. The minimum Gasteiger partial charge on any atom is -0.439 e. The maximum atomic E-state index is 12.5. The van der Waals surface area contributed by atoms with E-state index in [9.17, 15) is 17.6 Å². The minimum absolute atomic E-state index is 0.187. The van der Waals surface area contributed by atoms with Gasteiger partial charge in [0.15, 0.2) is 0 Å². The highest BCUT2D eigenvalue weighted by atomic mass is 19.3. The number of hydrogen-bond donors (Lipinski definition) is 0. The van der Waals surface area contributed by atoms with Gasteiger partial charge in [-0.2, -0.15) is 8.78 Å². The van der Waals surface area contributed by atoms with E-state index >= 15 is 0 Å². The third-order valence-electron chi connectivity index (χ3n) is 1.74. The van der Waals surface area contributed by atoms with E-state index < -0.39 is 29.9 Å². The van der Waals surface area contributed by atoms with Crippen molar-refractivity contribution in [3.63, 3.8) is 0 Å². The van der Waals surface area contributed by atoms with Crippen LogP contribution >= 0.6 is 0 Å². The molecule has 1 rings (SSSR count). The van der Waals surface area contributed by atoms with Gasteiger partial charge in [-0.25, -0.2) is 13.8 Å². The highest BCUT2D eigenvalue weighted by Gasteiger charge is 2.31. The van der Waals surface area contributed by atoms with Crippen molar-refractivity contribution >= 4 is 0 Å². The van der Waals surface area contributed by atoms with Crippen LogP contribution in [0.4, 0.5) is 17.6 Å². The standard InChI is InChI=1S/C9H11F4NO/c1-9(2,3)5-4(6(10)11)14-8(15-5)7(12)13/h6-7H,1-3H3. The molecule has 0 fully saturated rings. The molecule has 1 aromatic rings. The van der Waals surface area contributed by atoms with E-state index in [1.807, 2.05) is 0 Å². The Morgan fingerprint density at radius 3 is 1.87 bits per heavy atom. The zero-order valence-electron chi connectivity index (χ0n) is 8.52. The van der Waals surface area contributed by atoms with Crippen LogP contribution in [-0.4, -0.2) is 4.98 Å². The molecule has 2 nitrogen and oxygen atoms in total. The summed E-state index contributed by atoms with van der Waals surface area (Å²) in [6.07, 6.45) is -5.88. The number of oxazole rings is 1. The number of nitrogens with zero attached hydrogens (tertiary/aromatic N) is 1. The van der Waals surface area contributed by atoms with E-state index in [2.05, 4.69) is 9.40 Å². The molecule has 0 aliphatic rings. The molecule has 0 bridgehead atoms. The van der Waals surface area contributed by atoms with Crippen molar-refractivity contribution in [1.82, 2.24) is 4.98 Å². The van der Waals surface area contributed by atoms with Crippen LogP contribution in [0.1, 0.15) is 51.0 Å². The van der Waals surface area contributed by atoms with E-state index in [-0.39, 0.29) is 5.76 Å². The summed E-state index contributed by atoms with van der Waals surface area (Å²) in [6.45, 7) is 4.78. The van der Waals surface area contributed by atoms with Gasteiger partial charge >= 0.3 is 6.43 Å². The Kier molecular flexibility index (Phi) is 3.06. The van der Waals surface area contributed by atoms with Gasteiger partial charge in [0.05, 0.1) is 0 Å². The van der Waals surface area contributed by atoms with Crippen molar-refractivity contribution in [3.8, 4) is 0 Å². The number of halogens is 4. The molecular formula is C9H11F4NO. The molecule has 0 atom stereocenters. The van der Waals surface area contributed by atoms with Crippen molar-refractivity contribution < 1.29 is 22.0 Å². The van der Waals surface area contributed by atoms with E-state index in [1.165, 1.54) is 0 Å². The largest absolute Gasteiger partial charge is 0.439 e. The van der Waals surface area contributed by atoms with Gasteiger partial charge in [0.1, 0.15) is 11.5 Å². The average Bonchev–Trinajstić information content (AvgIpc) is 2.45. The normalized spacial score (nSPS) is 12.9. The van der Waals surface area contributed by atoms with Crippen LogP contribution in [0.15, 0.2) is 4.42 Å². The van der Waals surface area contributed by atoms with Gasteiger partial charge in [0.2, 0.25) is 0 Å². The maximum absolute atomic E-state index is 12.5. The molecule has 0 aromatic carbocycles. The average molecular weight is 225 g/mol. The molecule has 0 radical (unpaired) electrons. The Hall–Kier alpha value is -1.07. The van der Waals surface area contributed by atoms with Gasteiger partial charge in [0, 0.05) is 5.41 Å². The lowest BCUT2D eigenvalue weighted by atomic mass is 9.92. The first kappa shape index (κ1) is 12.0. The first-order valence-corrected chi connectivity index (χ1v) is 4.31. The van der Waals surface area contributed by atoms with E-state index in [0.29, 0.717) is 0 Å². The summed E-state index contributed by atoms with van der Waals surface area (Å²) >= 11 is 0. The van der Waals surface area contributed by atoms with Crippen LogP contribution in [0.3, 0.4) is 0 Å². The van der Waals surface area contributed by atoms with Crippen LogP contribution in [0, 0.1) is 0 Å². The molecule has 1 aromatic heterocycles. The van der Waals surface area contributed by atoms with Crippen molar-refractivity contribution in [2.24, 2.45) is 0 Å². The highest BCUT2D eigenvalue weighted by molar-refractivity contribution is 5.19. The lowest BCUT2D eigenvalue weighted by Crippen LogP contribution is -2.12. The summed E-state index contributed by atoms with van der Waals surface area (Å²) in [5.41, 5.74) is -1.47. The molecule has 1 heterocycles. The van der Waals surface area contributed by atoms with Crippen LogP contribution in [0.5, 0.6) is 0 Å². The fourth-order valence-corrected chi connectivity index (χ4v) is 1.13. The molecule has 0 unspecified atom stereocenters. The van der Waals surface area contributed by atoms with Crippen molar-refractivity contribution in [1.29, 1.82) is 0 Å². The Bertz CT molecular complexity index is 340. The Morgan fingerprint density at radius 1 is 1.07 bits per heavy atom. The zero-order chi connectivity index (χ0) is 11.8. The van der Waals surface area contributed by atoms with E-state index in [4.69, 9.17) is 0 Å². The van der Waals surface area contributed by atoms with Crippen molar-refractivity contribution in [2.75, 3.05) is 0 Å². The molecule has 15 heavy (non-hydrogen) atoms. The Labute approximate surface area is 84.3 Å². The predicted octanol–water partition coefficient (Wildman–Crippen LogP) is 3.85. The minimum atomic E-state index is -2.97. The third kappa shape index (κ3) is 2.49. The van der Waals surface area contributed by atoms with E-state index in [0.717, 1.165) is 0 Å². The van der Waals surface area contributed by atoms with Crippen molar-refractivity contribution in [2.45, 2.75) is 39.0 Å². The number of alkyl halides is 4. The second-order valence-corrected chi connectivity index (χ2v) is 4.12. The fourth-order valence-electron chi connectivity index (χ4n) is 1.13. The van der Waals surface area contributed by atoms with Gasteiger partial charge < -0.3 is 4.42 Å². The SMILES string of the molecule is CC(C)(C)c1oc(C(F)F)nc1C(F)F. The van der Waals surface area contributed by atoms with Crippen LogP contribution in [-0.2, 0) is 5.41 Å². The second kappa shape index (κ2) is 3.83. The van der Waals surface area contributed by atoms with Crippen LogP contribution in [0.2, 0.25) is 0 Å². The first-order chi connectivity index (χ1) is 6.73. The quantitative estimate of drug-likeness (QED) is 0.714. The van der Waals surface area contributed by atoms with Gasteiger partial charge in [0.25, 0.3) is 12.3 Å². The molecule has 0 saturated carbocycles. The predicted molar refractivity (Wildman–Crippen MR) is 45.1 cm³/mol. The molecule has 0 aliphatic carbocycles. The summed E-state index contributed by atoms with van der Waals surface area (Å²) in [6, 6.07) is 0. The lowest BCUT2D eigenvalue weighted by Gasteiger charge is -2.15. The number of hydrogen-bond acceptors (Lipinski definition) is 2. The molecule has 0 aliphatic heterocycles. The van der Waals surface area contributed by atoms with Gasteiger partial charge in [-0.15, -0.1) is 0 Å². The third-order valence-corrected chi connectivity index (χ3v) is 1.74. The summed E-state index contributed by atoms with van der Waals surface area (Å²) in [7, 11) is 0. The fraction of sp³-hybridized carbons (Fsp3) is 0.667. The van der Waals surface area contributed by atoms with Gasteiger partial charge in [-0.3, -0.25) is 0 Å². The molecule has 86 valence electrons. The number of rotatable bonds is 2. The van der Waals surface area contributed by atoms with Gasteiger partial charge in [-0.05, 0) is 0 Å². The summed E-state index contributed by atoms with van der Waals surface area (Å²) in [4.78, 5) is 3.11. The zero-order valence-corrected chi connectivity index (χ0v) is 8.52. The monoisotopic (exact) mass is 225 g/mol. The summed E-state index contributed by atoms with van der Waals surface area (Å²) in [5, 5.41) is 0. The van der Waals surface area contributed by atoms with Crippen molar-refractivity contribution in [3.05, 3.63) is 17.3 Å². The molecular weight excluding hydrogens is 214 g/mol. The van der Waals surface area contributed by atoms with E-state index in [1.54, 1.807) is 20.8 Å². The topological polar surface area (TPSA) is 26.0 Å². The summed E-state index contributed by atoms with van der Waals surface area (Å²) < 4.78 is 54.0. The molecule has 0 N–H and O–H groups in total. The molecule has 6 heteroatoms. The van der Waals surface area contributed by atoms with Gasteiger partial charge in [-0.1, -0.05) is 20.8 Å². The van der Waals surface area contributed by atoms with Crippen LogP contribution < -0.4 is 0 Å². The summed E-state index contributed by atoms with van der Waals surface area (Å²) in [5.74, 6) is -1.14. The second-order valence-electron chi connectivity index (χ2n) is 4.12. The lowest BCUT2D eigenvalue weighted by molar-refractivity contribution is 0.111. The highest BCUT2D eigenvalue weighted by Crippen LogP contribution is 2.34. The maximum Gasteiger partial charge on any atom is 0.313 e. The molecule has 0 spiro atoms. The molecule has 0 saturated heterocycles. The Balaban J connectivity index is 3.24. The number of aromatic nitrogens is 1. The first-order valence-electron chi connectivity index (χ1n) is 4.31.